The van der Waals surface area contributed by atoms with Crippen LogP contribution in [0.3, 0.4) is 0 Å². The summed E-state index contributed by atoms with van der Waals surface area (Å²) >= 11 is 0. The number of rotatable bonds is 1. The van der Waals surface area contributed by atoms with Crippen molar-refractivity contribution in [1.29, 1.82) is 0 Å². The van der Waals surface area contributed by atoms with E-state index in [0.29, 0.717) is 12.8 Å². The van der Waals surface area contributed by atoms with Crippen LogP contribution in [0.4, 0.5) is 10.5 Å². The van der Waals surface area contributed by atoms with E-state index in [0.717, 1.165) is 11.3 Å². The molecule has 0 saturated heterocycles. The van der Waals surface area contributed by atoms with Crippen LogP contribution in [0.2, 0.25) is 0 Å². The van der Waals surface area contributed by atoms with Crippen LogP contribution < -0.4 is 10.6 Å². The van der Waals surface area contributed by atoms with E-state index in [1.54, 1.807) is 0 Å². The number of fused-ring (bicyclic) bond motifs is 1. The first-order valence-corrected chi connectivity index (χ1v) is 5.05. The summed E-state index contributed by atoms with van der Waals surface area (Å²) in [5.74, 6) is -0.299. The minimum atomic E-state index is -1.17. The predicted octanol–water partition coefficient (Wildman–Crippen LogP) is 1.21. The van der Waals surface area contributed by atoms with Crippen LogP contribution in [0, 0.1) is 0 Å². The van der Waals surface area contributed by atoms with Crippen LogP contribution >= 0.6 is 0 Å². The molecular weight excluding hydrogens is 208 g/mol. The number of hydrogen-bond acceptors (Lipinski definition) is 2. The quantitative estimate of drug-likeness (QED) is 0.665. The van der Waals surface area contributed by atoms with Gasteiger partial charge in [0.15, 0.2) is 0 Å². The first-order chi connectivity index (χ1) is 7.66. The zero-order valence-corrected chi connectivity index (χ0v) is 8.56. The second kappa shape index (κ2) is 4.22. The lowest BCUT2D eigenvalue weighted by molar-refractivity contribution is -0.118. The third-order valence-electron chi connectivity index (χ3n) is 2.59. The van der Waals surface area contributed by atoms with Gasteiger partial charge < -0.3 is 15.7 Å². The van der Waals surface area contributed by atoms with Gasteiger partial charge in [0.2, 0.25) is 5.91 Å². The Balaban J connectivity index is 2.18. The van der Waals surface area contributed by atoms with Gasteiger partial charge in [0.05, 0.1) is 0 Å². The van der Waals surface area contributed by atoms with Crippen LogP contribution in [0.5, 0.6) is 0 Å². The van der Waals surface area contributed by atoms with Gasteiger partial charge in [0.25, 0.3) is 0 Å². The molecule has 2 amide bonds. The van der Waals surface area contributed by atoms with E-state index in [2.05, 4.69) is 10.6 Å². The molecule has 1 unspecified atom stereocenters. The van der Waals surface area contributed by atoms with Gasteiger partial charge in [-0.3, -0.25) is 4.79 Å². The lowest BCUT2D eigenvalue weighted by Gasteiger charge is -2.12. The summed E-state index contributed by atoms with van der Waals surface area (Å²) < 4.78 is 0. The molecule has 2 rings (SSSR count). The molecule has 1 aromatic rings. The molecule has 0 spiro atoms. The Bertz CT molecular complexity index is 431. The third kappa shape index (κ3) is 2.13. The maximum Gasteiger partial charge on any atom is 0.405 e. The number of carbonyl (C=O) groups is 2. The average molecular weight is 220 g/mol. The van der Waals surface area contributed by atoms with Crippen molar-refractivity contribution in [3.8, 4) is 0 Å². The molecule has 1 atom stereocenters. The highest BCUT2D eigenvalue weighted by Gasteiger charge is 2.24. The Hall–Kier alpha value is -2.04. The van der Waals surface area contributed by atoms with Gasteiger partial charge in [0.1, 0.15) is 6.04 Å². The van der Waals surface area contributed by atoms with Crippen molar-refractivity contribution in [2.45, 2.75) is 18.9 Å². The Labute approximate surface area is 92.5 Å². The summed E-state index contributed by atoms with van der Waals surface area (Å²) in [5, 5.41) is 13.5. The Morgan fingerprint density at radius 1 is 1.44 bits per heavy atom. The maximum atomic E-state index is 11.7. The van der Waals surface area contributed by atoms with Crippen molar-refractivity contribution in [3.63, 3.8) is 0 Å². The molecule has 0 saturated carbocycles. The fourth-order valence-electron chi connectivity index (χ4n) is 1.80. The zero-order chi connectivity index (χ0) is 11.5. The Morgan fingerprint density at radius 3 is 2.94 bits per heavy atom. The lowest BCUT2D eigenvalue weighted by Crippen LogP contribution is -2.42. The zero-order valence-electron chi connectivity index (χ0n) is 8.56. The molecule has 0 radical (unpaired) electrons. The highest BCUT2D eigenvalue weighted by atomic mass is 16.4. The Kier molecular flexibility index (Phi) is 2.76. The van der Waals surface area contributed by atoms with Gasteiger partial charge >= 0.3 is 6.09 Å². The number of amides is 2. The molecule has 1 aliphatic heterocycles. The number of para-hydroxylation sites is 1. The molecule has 0 aliphatic carbocycles. The number of nitrogens with one attached hydrogen (secondary N) is 2. The van der Waals surface area contributed by atoms with Crippen molar-refractivity contribution in [2.75, 3.05) is 5.32 Å². The first-order valence-electron chi connectivity index (χ1n) is 5.05. The van der Waals surface area contributed by atoms with Crippen LogP contribution in [-0.2, 0) is 11.2 Å². The second-order valence-electron chi connectivity index (χ2n) is 3.69. The highest BCUT2D eigenvalue weighted by Crippen LogP contribution is 2.21. The monoisotopic (exact) mass is 220 g/mol. The topological polar surface area (TPSA) is 78.4 Å². The second-order valence-corrected chi connectivity index (χ2v) is 3.69. The summed E-state index contributed by atoms with van der Waals surface area (Å²) in [6.45, 7) is 0. The number of carboxylic acid groups (broad SMARTS) is 1. The van der Waals surface area contributed by atoms with Gasteiger partial charge in [0, 0.05) is 5.69 Å². The molecule has 3 N–H and O–H groups in total. The first kappa shape index (κ1) is 10.5. The van der Waals surface area contributed by atoms with Gasteiger partial charge in [-0.05, 0) is 24.5 Å². The van der Waals surface area contributed by atoms with Crippen molar-refractivity contribution in [2.24, 2.45) is 0 Å². The summed E-state index contributed by atoms with van der Waals surface area (Å²) in [6.07, 6.45) is -0.0132. The van der Waals surface area contributed by atoms with Crippen LogP contribution in [0.1, 0.15) is 12.0 Å². The van der Waals surface area contributed by atoms with Gasteiger partial charge in [-0.1, -0.05) is 18.2 Å². The summed E-state index contributed by atoms with van der Waals surface area (Å²) in [5.41, 5.74) is 1.80. The summed E-state index contributed by atoms with van der Waals surface area (Å²) in [6, 6.07) is 6.81. The van der Waals surface area contributed by atoms with Crippen molar-refractivity contribution in [3.05, 3.63) is 29.8 Å². The van der Waals surface area contributed by atoms with Gasteiger partial charge in [-0.15, -0.1) is 0 Å². The number of carbonyl (C=O) groups excluding carboxylic acids is 1. The fraction of sp³-hybridized carbons (Fsp3) is 0.273. The molecule has 5 heteroatoms. The molecule has 5 nitrogen and oxygen atoms in total. The van der Waals surface area contributed by atoms with Crippen LogP contribution in [0.25, 0.3) is 0 Å². The molecule has 0 fully saturated rings. The number of aryl methyl sites for hydroxylation is 1. The van der Waals surface area contributed by atoms with Crippen molar-refractivity contribution < 1.29 is 14.7 Å². The molecule has 0 aromatic heterocycles. The van der Waals surface area contributed by atoms with Crippen molar-refractivity contribution >= 4 is 17.7 Å². The van der Waals surface area contributed by atoms with E-state index in [1.165, 1.54) is 0 Å². The standard InChI is InChI=1S/C11H12N2O3/c14-10-9(13-11(15)16)6-5-7-3-1-2-4-8(7)12-10/h1-4,9,13H,5-6H2,(H,12,14)(H,15,16). The van der Waals surface area contributed by atoms with E-state index in [1.807, 2.05) is 24.3 Å². The SMILES string of the molecule is O=C(O)NC1CCc2ccccc2NC1=O. The summed E-state index contributed by atoms with van der Waals surface area (Å²) in [7, 11) is 0. The number of benzene rings is 1. The van der Waals surface area contributed by atoms with E-state index in [4.69, 9.17) is 5.11 Å². The number of anilines is 1. The van der Waals surface area contributed by atoms with E-state index >= 15 is 0 Å². The van der Waals surface area contributed by atoms with E-state index in [-0.39, 0.29) is 5.91 Å². The summed E-state index contributed by atoms with van der Waals surface area (Å²) in [4.78, 5) is 22.2. The normalized spacial score (nSPS) is 19.2. The highest BCUT2D eigenvalue weighted by molar-refractivity contribution is 5.97. The van der Waals surface area contributed by atoms with E-state index < -0.39 is 12.1 Å². The Morgan fingerprint density at radius 2 is 2.19 bits per heavy atom. The minimum absolute atomic E-state index is 0.299. The maximum absolute atomic E-state index is 11.7. The number of hydrogen-bond donors (Lipinski definition) is 3. The molecule has 1 heterocycles. The van der Waals surface area contributed by atoms with Crippen LogP contribution in [0.15, 0.2) is 24.3 Å². The fourth-order valence-corrected chi connectivity index (χ4v) is 1.80. The van der Waals surface area contributed by atoms with E-state index in [9.17, 15) is 9.59 Å². The van der Waals surface area contributed by atoms with Gasteiger partial charge in [-0.25, -0.2) is 4.79 Å². The average Bonchev–Trinajstić information content (AvgIpc) is 2.39. The third-order valence-corrected chi connectivity index (χ3v) is 2.59. The minimum Gasteiger partial charge on any atom is -0.465 e. The lowest BCUT2D eigenvalue weighted by atomic mass is 10.1. The molecule has 84 valence electrons. The molecule has 0 bridgehead atoms. The van der Waals surface area contributed by atoms with Crippen LogP contribution in [-0.4, -0.2) is 23.1 Å². The molecule has 1 aliphatic rings. The predicted molar refractivity (Wildman–Crippen MR) is 58.3 cm³/mol. The van der Waals surface area contributed by atoms with Gasteiger partial charge in [-0.2, -0.15) is 0 Å². The smallest absolute Gasteiger partial charge is 0.405 e. The molecular formula is C11H12N2O3. The van der Waals surface area contributed by atoms with Crippen molar-refractivity contribution in [1.82, 2.24) is 5.32 Å². The molecule has 1 aromatic carbocycles. The molecule has 16 heavy (non-hydrogen) atoms. The largest absolute Gasteiger partial charge is 0.465 e.